The molecule has 232 valence electrons. The first-order valence-corrected chi connectivity index (χ1v) is 16.6. The molecule has 13 heteroatoms. The van der Waals surface area contributed by atoms with Gasteiger partial charge in [0.15, 0.2) is 0 Å². The highest BCUT2D eigenvalue weighted by atomic mass is 32.2. The monoisotopic (exact) mass is 623 g/mol. The molecule has 0 bridgehead atoms. The predicted molar refractivity (Wildman–Crippen MR) is 165 cm³/mol. The fourth-order valence-electron chi connectivity index (χ4n) is 6.64. The van der Waals surface area contributed by atoms with Crippen LogP contribution in [0, 0.1) is 5.41 Å². The first-order valence-electron chi connectivity index (χ1n) is 15.0. The summed E-state index contributed by atoms with van der Waals surface area (Å²) in [5.41, 5.74) is 5.30. The molecule has 7 rings (SSSR count). The Labute approximate surface area is 254 Å². The summed E-state index contributed by atoms with van der Waals surface area (Å²) in [5.74, 6) is -2.66. The minimum Gasteiger partial charge on any atom is -0.395 e. The zero-order valence-corrected chi connectivity index (χ0v) is 25.1. The minimum atomic E-state index is -4.03. The number of hydrogen-bond donors (Lipinski definition) is 2. The predicted octanol–water partition coefficient (Wildman–Crippen LogP) is 4.42. The molecule has 2 aliphatic heterocycles. The van der Waals surface area contributed by atoms with Gasteiger partial charge < -0.3 is 14.9 Å². The van der Waals surface area contributed by atoms with Gasteiger partial charge >= 0.3 is 0 Å². The SMILES string of the molecule is NS(=O)(=O)C(CO)c1ccc(-n2cc(-c3cc(N4CCC(F)(F)CC4)c4ncccc4c3)nn2)c(N2CCC3(CC2)CC3)c1. The Morgan fingerprint density at radius 1 is 0.909 bits per heavy atom. The van der Waals surface area contributed by atoms with E-state index in [4.69, 9.17) is 5.14 Å². The van der Waals surface area contributed by atoms with E-state index < -0.39 is 27.8 Å². The molecule has 2 saturated heterocycles. The van der Waals surface area contributed by atoms with Crippen LogP contribution in [0.25, 0.3) is 27.8 Å². The van der Waals surface area contributed by atoms with E-state index in [2.05, 4.69) is 20.2 Å². The minimum absolute atomic E-state index is 0.208. The number of alkyl halides is 2. The topological polar surface area (TPSA) is 130 Å². The number of piperidine rings is 2. The van der Waals surface area contributed by atoms with Crippen LogP contribution in [0.4, 0.5) is 20.2 Å². The lowest BCUT2D eigenvalue weighted by Gasteiger charge is -2.35. The molecule has 4 aromatic rings. The summed E-state index contributed by atoms with van der Waals surface area (Å²) in [6.45, 7) is 1.49. The van der Waals surface area contributed by atoms with E-state index in [0.717, 1.165) is 59.5 Å². The number of rotatable bonds is 7. The third-order valence-corrected chi connectivity index (χ3v) is 10.8. The second kappa shape index (κ2) is 10.7. The molecule has 0 radical (unpaired) electrons. The van der Waals surface area contributed by atoms with Crippen molar-refractivity contribution < 1.29 is 22.3 Å². The molecule has 1 saturated carbocycles. The van der Waals surface area contributed by atoms with Gasteiger partial charge in [-0.2, -0.15) is 0 Å². The molecule has 44 heavy (non-hydrogen) atoms. The number of halogens is 2. The van der Waals surface area contributed by atoms with Crippen LogP contribution in [0.3, 0.4) is 0 Å². The van der Waals surface area contributed by atoms with Crippen LogP contribution < -0.4 is 14.9 Å². The Kier molecular flexibility index (Phi) is 7.09. The van der Waals surface area contributed by atoms with Crippen LogP contribution >= 0.6 is 0 Å². The number of aromatic nitrogens is 4. The van der Waals surface area contributed by atoms with E-state index in [1.165, 1.54) is 12.8 Å². The smallest absolute Gasteiger partial charge is 0.251 e. The van der Waals surface area contributed by atoms with Crippen LogP contribution in [0.1, 0.15) is 49.3 Å². The van der Waals surface area contributed by atoms with E-state index in [1.807, 2.05) is 35.4 Å². The summed E-state index contributed by atoms with van der Waals surface area (Å²) in [6, 6.07) is 12.9. The maximum Gasteiger partial charge on any atom is 0.251 e. The largest absolute Gasteiger partial charge is 0.395 e. The number of primary sulfonamides is 1. The van der Waals surface area contributed by atoms with Crippen molar-refractivity contribution in [1.82, 2.24) is 20.0 Å². The Hall–Kier alpha value is -3.68. The molecule has 2 aromatic heterocycles. The summed E-state index contributed by atoms with van der Waals surface area (Å²) < 4.78 is 54.1. The normalized spacial score (nSPS) is 20.3. The molecular weight excluding hydrogens is 588 g/mol. The highest BCUT2D eigenvalue weighted by Crippen LogP contribution is 2.54. The lowest BCUT2D eigenvalue weighted by molar-refractivity contribution is -0.0220. The lowest BCUT2D eigenvalue weighted by Crippen LogP contribution is -2.39. The number of fused-ring (bicyclic) bond motifs is 1. The van der Waals surface area contributed by atoms with Gasteiger partial charge in [-0.25, -0.2) is 27.0 Å². The number of nitrogens with zero attached hydrogens (tertiary/aromatic N) is 6. The third kappa shape index (κ3) is 5.52. The first-order chi connectivity index (χ1) is 21.0. The van der Waals surface area contributed by atoms with Gasteiger partial charge in [0.25, 0.3) is 5.92 Å². The summed E-state index contributed by atoms with van der Waals surface area (Å²) >= 11 is 0. The van der Waals surface area contributed by atoms with E-state index >= 15 is 0 Å². The Bertz CT molecular complexity index is 1810. The van der Waals surface area contributed by atoms with Gasteiger partial charge in [-0.1, -0.05) is 17.3 Å². The van der Waals surface area contributed by atoms with Crippen molar-refractivity contribution in [3.05, 3.63) is 60.4 Å². The van der Waals surface area contributed by atoms with Gasteiger partial charge in [0.1, 0.15) is 10.9 Å². The second-order valence-electron chi connectivity index (χ2n) is 12.5. The molecule has 1 spiro atoms. The van der Waals surface area contributed by atoms with Gasteiger partial charge in [0, 0.05) is 56.2 Å². The van der Waals surface area contributed by atoms with Crippen molar-refractivity contribution in [3.8, 4) is 16.9 Å². The number of sulfonamides is 1. The molecule has 1 unspecified atom stereocenters. The van der Waals surface area contributed by atoms with E-state index in [1.54, 1.807) is 29.1 Å². The maximum atomic E-state index is 14.0. The number of anilines is 2. The van der Waals surface area contributed by atoms with Crippen molar-refractivity contribution in [2.45, 2.75) is 49.7 Å². The second-order valence-corrected chi connectivity index (χ2v) is 14.2. The van der Waals surface area contributed by atoms with Crippen LogP contribution in [-0.4, -0.2) is 72.2 Å². The van der Waals surface area contributed by atoms with Gasteiger partial charge in [-0.3, -0.25) is 4.98 Å². The number of aliphatic hydroxyl groups excluding tert-OH is 1. The van der Waals surface area contributed by atoms with Crippen LogP contribution in [0.2, 0.25) is 0 Å². The molecular formula is C31H35F2N7O3S. The van der Waals surface area contributed by atoms with Crippen LogP contribution in [0.15, 0.2) is 54.9 Å². The Morgan fingerprint density at radius 3 is 2.30 bits per heavy atom. The molecule has 3 N–H and O–H groups in total. The number of hydrogen-bond acceptors (Lipinski definition) is 8. The van der Waals surface area contributed by atoms with Gasteiger partial charge in [-0.15, -0.1) is 5.10 Å². The highest BCUT2D eigenvalue weighted by Gasteiger charge is 2.44. The van der Waals surface area contributed by atoms with Crippen molar-refractivity contribution >= 4 is 32.3 Å². The summed E-state index contributed by atoms with van der Waals surface area (Å²) in [7, 11) is -4.03. The van der Waals surface area contributed by atoms with E-state index in [9.17, 15) is 22.3 Å². The van der Waals surface area contributed by atoms with Gasteiger partial charge in [0.05, 0.1) is 35.4 Å². The summed E-state index contributed by atoms with van der Waals surface area (Å²) in [6.07, 6.45) is 7.74. The Morgan fingerprint density at radius 2 is 1.61 bits per heavy atom. The van der Waals surface area contributed by atoms with Gasteiger partial charge in [-0.05, 0) is 67.0 Å². The van der Waals surface area contributed by atoms with Crippen LogP contribution in [-0.2, 0) is 10.0 Å². The van der Waals surface area contributed by atoms with Crippen molar-refractivity contribution in [3.63, 3.8) is 0 Å². The number of nitrogens with two attached hydrogens (primary N) is 1. The van der Waals surface area contributed by atoms with E-state index in [0.29, 0.717) is 16.7 Å². The molecule has 2 aromatic carbocycles. The molecule has 1 atom stereocenters. The molecule has 3 fully saturated rings. The Balaban J connectivity index is 1.27. The van der Waals surface area contributed by atoms with Crippen molar-refractivity contribution in [2.75, 3.05) is 42.6 Å². The average Bonchev–Trinajstić information content (AvgIpc) is 3.56. The third-order valence-electron chi connectivity index (χ3n) is 9.61. The number of pyridine rings is 1. The summed E-state index contributed by atoms with van der Waals surface area (Å²) in [5, 5.41) is 23.9. The maximum absolute atomic E-state index is 14.0. The van der Waals surface area contributed by atoms with E-state index in [-0.39, 0.29) is 25.9 Å². The van der Waals surface area contributed by atoms with Gasteiger partial charge in [0.2, 0.25) is 10.0 Å². The fourth-order valence-corrected chi connectivity index (χ4v) is 7.37. The average molecular weight is 624 g/mol. The lowest BCUT2D eigenvalue weighted by atomic mass is 9.93. The number of benzene rings is 2. The standard InChI is InChI=1S/C31H35F2N7O3S/c32-31(33)9-14-39(15-10-31)27-18-23(16-22-2-1-11-35-29(22)27)24-19-40(37-36-24)25-4-3-21(28(20-41)44(34,42)43)17-26(25)38-12-7-30(5-6-30)8-13-38/h1-4,11,16-19,28,41H,5-10,12-15,20H2,(H2,34,42,43). The molecule has 1 aliphatic carbocycles. The quantitative estimate of drug-likeness (QED) is 0.310. The fraction of sp³-hybridized carbons (Fsp3) is 0.452. The number of aliphatic hydroxyl groups is 1. The highest BCUT2D eigenvalue weighted by molar-refractivity contribution is 7.89. The molecule has 0 amide bonds. The van der Waals surface area contributed by atoms with Crippen molar-refractivity contribution in [1.29, 1.82) is 0 Å². The first kappa shape index (κ1) is 29.1. The van der Waals surface area contributed by atoms with Crippen LogP contribution in [0.5, 0.6) is 0 Å². The van der Waals surface area contributed by atoms with Crippen molar-refractivity contribution in [2.24, 2.45) is 10.6 Å². The zero-order valence-electron chi connectivity index (χ0n) is 24.2. The molecule has 4 heterocycles. The summed E-state index contributed by atoms with van der Waals surface area (Å²) in [4.78, 5) is 8.76. The zero-order chi connectivity index (χ0) is 30.7. The molecule has 3 aliphatic rings. The molecule has 10 nitrogen and oxygen atoms in total.